The number of esters is 1. The lowest BCUT2D eigenvalue weighted by Gasteiger charge is -2.35. The molecule has 2 aromatic heterocycles. The number of furan rings is 1. The van der Waals surface area contributed by atoms with Gasteiger partial charge >= 0.3 is 5.97 Å². The van der Waals surface area contributed by atoms with Crippen LogP contribution in [0.3, 0.4) is 0 Å². The fraction of sp³-hybridized carbons (Fsp3) is 0.556. The molecule has 152 valence electrons. The van der Waals surface area contributed by atoms with Crippen molar-refractivity contribution in [2.45, 2.75) is 44.7 Å². The first kappa shape index (κ1) is 20.4. The van der Waals surface area contributed by atoms with Crippen LogP contribution in [0.15, 0.2) is 28.0 Å². The highest BCUT2D eigenvalue weighted by molar-refractivity contribution is 7.99. The van der Waals surface area contributed by atoms with E-state index in [-0.39, 0.29) is 30.5 Å². The Kier molecular flexibility index (Phi) is 6.74. The van der Waals surface area contributed by atoms with Gasteiger partial charge in [-0.05, 0) is 32.9 Å². The third-order valence-corrected chi connectivity index (χ3v) is 5.16. The molecule has 10 heteroatoms. The van der Waals surface area contributed by atoms with Gasteiger partial charge in [0, 0.05) is 19.6 Å². The molecule has 1 aliphatic heterocycles. The first-order valence-corrected chi connectivity index (χ1v) is 10.1. The zero-order valence-corrected chi connectivity index (χ0v) is 17.0. The number of rotatable bonds is 7. The third kappa shape index (κ3) is 4.93. The van der Waals surface area contributed by atoms with Crippen LogP contribution in [-0.2, 0) is 25.6 Å². The number of amides is 1. The van der Waals surface area contributed by atoms with Crippen molar-refractivity contribution in [2.24, 2.45) is 0 Å². The third-order valence-electron chi connectivity index (χ3n) is 4.22. The maximum absolute atomic E-state index is 12.3. The van der Waals surface area contributed by atoms with Gasteiger partial charge in [0.25, 0.3) is 5.91 Å². The molecule has 1 saturated heterocycles. The average Bonchev–Trinajstić information content (AvgIpc) is 3.32. The van der Waals surface area contributed by atoms with Crippen LogP contribution in [0.4, 0.5) is 0 Å². The molecule has 0 spiro atoms. The van der Waals surface area contributed by atoms with Gasteiger partial charge in [0.15, 0.2) is 23.3 Å². The summed E-state index contributed by atoms with van der Waals surface area (Å²) in [6.45, 7) is 7.17. The molecule has 2 aromatic rings. The lowest BCUT2D eigenvalue weighted by Crippen LogP contribution is -2.49. The zero-order valence-electron chi connectivity index (χ0n) is 16.2. The van der Waals surface area contributed by atoms with E-state index in [4.69, 9.17) is 13.9 Å². The Morgan fingerprint density at radius 2 is 2.04 bits per heavy atom. The number of morpholine rings is 1. The molecule has 0 N–H and O–H groups in total. The van der Waals surface area contributed by atoms with Crippen LogP contribution >= 0.6 is 11.8 Å². The van der Waals surface area contributed by atoms with E-state index in [0.717, 1.165) is 0 Å². The Hall–Kier alpha value is -2.33. The molecule has 0 saturated carbocycles. The van der Waals surface area contributed by atoms with Gasteiger partial charge in [0.05, 0.1) is 24.2 Å². The minimum absolute atomic E-state index is 0.0253. The van der Waals surface area contributed by atoms with Crippen LogP contribution in [0.2, 0.25) is 0 Å². The summed E-state index contributed by atoms with van der Waals surface area (Å²) in [5, 5.41) is 8.84. The second-order valence-corrected chi connectivity index (χ2v) is 7.48. The van der Waals surface area contributed by atoms with Gasteiger partial charge in [-0.1, -0.05) is 11.8 Å². The zero-order chi connectivity index (χ0) is 20.1. The van der Waals surface area contributed by atoms with Crippen molar-refractivity contribution in [3.8, 4) is 11.6 Å². The molecule has 1 fully saturated rings. The van der Waals surface area contributed by atoms with Crippen LogP contribution in [0.25, 0.3) is 11.6 Å². The number of aromatic nitrogens is 3. The van der Waals surface area contributed by atoms with Crippen LogP contribution < -0.4 is 0 Å². The van der Waals surface area contributed by atoms with Gasteiger partial charge in [0.2, 0.25) is 0 Å². The van der Waals surface area contributed by atoms with Gasteiger partial charge in [-0.25, -0.2) is 0 Å². The van der Waals surface area contributed by atoms with Crippen LogP contribution in [0, 0.1) is 0 Å². The Morgan fingerprint density at radius 3 is 2.68 bits per heavy atom. The minimum atomic E-state index is -0.474. The van der Waals surface area contributed by atoms with Crippen LogP contribution in [0.5, 0.6) is 0 Å². The topological polar surface area (TPSA) is 99.7 Å². The predicted octanol–water partition coefficient (Wildman–Crippen LogP) is 1.83. The minimum Gasteiger partial charge on any atom is -0.461 e. The Bertz CT molecular complexity index is 797. The molecule has 0 unspecified atom stereocenters. The highest BCUT2D eigenvalue weighted by Crippen LogP contribution is 2.24. The van der Waals surface area contributed by atoms with E-state index in [0.29, 0.717) is 36.4 Å². The van der Waals surface area contributed by atoms with Gasteiger partial charge in [0.1, 0.15) is 0 Å². The second kappa shape index (κ2) is 9.24. The molecule has 3 rings (SSSR count). The number of carbonyl (C=O) groups is 2. The predicted molar refractivity (Wildman–Crippen MR) is 102 cm³/mol. The highest BCUT2D eigenvalue weighted by Gasteiger charge is 2.26. The van der Waals surface area contributed by atoms with Gasteiger partial charge in [-0.3, -0.25) is 14.2 Å². The van der Waals surface area contributed by atoms with Gasteiger partial charge in [-0.15, -0.1) is 10.2 Å². The summed E-state index contributed by atoms with van der Waals surface area (Å²) in [6.07, 6.45) is 1.52. The fourth-order valence-electron chi connectivity index (χ4n) is 3.05. The van der Waals surface area contributed by atoms with Crippen molar-refractivity contribution in [2.75, 3.05) is 25.4 Å². The molecule has 0 bridgehead atoms. The largest absolute Gasteiger partial charge is 0.461 e. The van der Waals surface area contributed by atoms with Crippen molar-refractivity contribution >= 4 is 23.6 Å². The maximum atomic E-state index is 12.3. The molecule has 1 amide bonds. The van der Waals surface area contributed by atoms with Crippen molar-refractivity contribution in [3.63, 3.8) is 0 Å². The SMILES string of the molecule is CCn1c(SCC(=O)OCC(=O)N2C[C@@H](C)O[C@@H](C)C2)nnc1-c1ccco1. The summed E-state index contributed by atoms with van der Waals surface area (Å²) in [5.41, 5.74) is 0. The average molecular weight is 408 g/mol. The second-order valence-electron chi connectivity index (χ2n) is 6.53. The van der Waals surface area contributed by atoms with E-state index >= 15 is 0 Å². The summed E-state index contributed by atoms with van der Waals surface area (Å²) in [6, 6.07) is 3.58. The lowest BCUT2D eigenvalue weighted by molar-refractivity contribution is -0.155. The fourth-order valence-corrected chi connectivity index (χ4v) is 3.85. The van der Waals surface area contributed by atoms with Crippen LogP contribution in [0.1, 0.15) is 20.8 Å². The lowest BCUT2D eigenvalue weighted by atomic mass is 10.2. The van der Waals surface area contributed by atoms with Crippen molar-refractivity contribution in [3.05, 3.63) is 18.4 Å². The molecule has 9 nitrogen and oxygen atoms in total. The standard InChI is InChI=1S/C18H24N4O5S/c1-4-22-17(14-6-5-7-25-14)19-20-18(22)28-11-16(24)26-10-15(23)21-8-12(2)27-13(3)9-21/h5-7,12-13H,4,8-11H2,1-3H3/t12-,13+. The van der Waals surface area contributed by atoms with Gasteiger partial charge in [-0.2, -0.15) is 0 Å². The Morgan fingerprint density at radius 1 is 1.29 bits per heavy atom. The molecular weight excluding hydrogens is 384 g/mol. The number of thioether (sulfide) groups is 1. The molecule has 0 aliphatic carbocycles. The van der Waals surface area contributed by atoms with E-state index in [1.54, 1.807) is 23.3 Å². The number of hydrogen-bond donors (Lipinski definition) is 0. The Balaban J connectivity index is 1.49. The molecule has 1 aliphatic rings. The quantitative estimate of drug-likeness (QED) is 0.505. The first-order chi connectivity index (χ1) is 13.5. The number of ether oxygens (including phenoxy) is 2. The van der Waals surface area contributed by atoms with Crippen LogP contribution in [-0.4, -0.2) is 69.2 Å². The summed E-state index contributed by atoms with van der Waals surface area (Å²) in [4.78, 5) is 26.0. The number of nitrogens with zero attached hydrogens (tertiary/aromatic N) is 4. The smallest absolute Gasteiger partial charge is 0.316 e. The normalized spacial score (nSPS) is 19.6. The van der Waals surface area contributed by atoms with Crippen molar-refractivity contribution < 1.29 is 23.5 Å². The van der Waals surface area contributed by atoms with Crippen molar-refractivity contribution in [1.29, 1.82) is 0 Å². The van der Waals surface area contributed by atoms with Gasteiger partial charge < -0.3 is 18.8 Å². The van der Waals surface area contributed by atoms with E-state index in [1.807, 2.05) is 25.3 Å². The molecule has 2 atom stereocenters. The summed E-state index contributed by atoms with van der Waals surface area (Å²) >= 11 is 1.21. The summed E-state index contributed by atoms with van der Waals surface area (Å²) in [5.74, 6) is 0.576. The summed E-state index contributed by atoms with van der Waals surface area (Å²) < 4.78 is 18.0. The molecule has 3 heterocycles. The number of hydrogen-bond acceptors (Lipinski definition) is 8. The molecule has 0 radical (unpaired) electrons. The molecular formula is C18H24N4O5S. The highest BCUT2D eigenvalue weighted by atomic mass is 32.2. The number of carbonyl (C=O) groups excluding carboxylic acids is 2. The van der Waals surface area contributed by atoms with Crippen molar-refractivity contribution in [1.82, 2.24) is 19.7 Å². The van der Waals surface area contributed by atoms with E-state index in [2.05, 4.69) is 10.2 Å². The van der Waals surface area contributed by atoms with E-state index < -0.39 is 5.97 Å². The van der Waals surface area contributed by atoms with E-state index in [9.17, 15) is 9.59 Å². The Labute approximate surface area is 167 Å². The maximum Gasteiger partial charge on any atom is 0.316 e. The molecule has 28 heavy (non-hydrogen) atoms. The molecule has 0 aromatic carbocycles. The van der Waals surface area contributed by atoms with E-state index in [1.165, 1.54) is 11.8 Å². The first-order valence-electron chi connectivity index (χ1n) is 9.16. The summed E-state index contributed by atoms with van der Waals surface area (Å²) in [7, 11) is 0. The monoisotopic (exact) mass is 408 g/mol.